The molecule has 0 aliphatic carbocycles. The van der Waals surface area contributed by atoms with Crippen LogP contribution in [0, 0.1) is 5.92 Å². The number of aliphatic carboxylic acids is 1. The summed E-state index contributed by atoms with van der Waals surface area (Å²) in [4.78, 5) is 35.2. The number of fused-ring (bicyclic) bond motifs is 7. The maximum absolute atomic E-state index is 12.4. The Morgan fingerprint density at radius 3 is 2.63 bits per heavy atom. The Bertz CT molecular complexity index is 1620. The number of carboxylic acids is 1. The van der Waals surface area contributed by atoms with E-state index in [0.717, 1.165) is 28.9 Å². The number of hydrogen-bond donors (Lipinski definition) is 4. The lowest BCUT2D eigenvalue weighted by molar-refractivity contribution is -0.379. The average Bonchev–Trinajstić information content (AvgIpc) is 3.70. The fraction of sp³-hybridized carbons (Fsp3) is 0.611. The molecule has 2 saturated heterocycles. The molecule has 16 nitrogen and oxygen atoms in total. The van der Waals surface area contributed by atoms with E-state index in [2.05, 4.69) is 13.8 Å². The summed E-state index contributed by atoms with van der Waals surface area (Å²) in [5.74, 6) is 1.02. The smallest absolute Gasteiger partial charge is 0.317 e. The van der Waals surface area contributed by atoms with Crippen molar-refractivity contribution in [2.75, 3.05) is 33.2 Å². The van der Waals surface area contributed by atoms with Crippen LogP contribution in [0.2, 0.25) is 0 Å². The van der Waals surface area contributed by atoms with Gasteiger partial charge in [0.15, 0.2) is 29.6 Å². The highest BCUT2D eigenvalue weighted by molar-refractivity contribution is 5.90. The highest BCUT2D eigenvalue weighted by atomic mass is 17.2. The van der Waals surface area contributed by atoms with Crippen molar-refractivity contribution in [1.82, 2.24) is 0 Å². The zero-order valence-electron chi connectivity index (χ0n) is 29.0. The van der Waals surface area contributed by atoms with Crippen LogP contribution in [0.15, 0.2) is 24.3 Å². The number of hydrogen-bond acceptors (Lipinski definition) is 15. The second kappa shape index (κ2) is 15.6. The molecular formula is C36H45NO15. The predicted molar refractivity (Wildman–Crippen MR) is 176 cm³/mol. The van der Waals surface area contributed by atoms with E-state index in [1.807, 2.05) is 6.07 Å². The Kier molecular flexibility index (Phi) is 10.9. The summed E-state index contributed by atoms with van der Waals surface area (Å²) in [7, 11) is 0. The number of rotatable bonds is 13. The van der Waals surface area contributed by atoms with Crippen molar-refractivity contribution in [2.24, 2.45) is 11.7 Å². The molecule has 2 fully saturated rings. The number of aliphatic hydroxyl groups excluding tert-OH is 2. The molecule has 0 amide bonds. The van der Waals surface area contributed by atoms with Gasteiger partial charge in [-0.1, -0.05) is 13.8 Å². The van der Waals surface area contributed by atoms with E-state index in [9.17, 15) is 19.8 Å². The van der Waals surface area contributed by atoms with Crippen LogP contribution in [0.5, 0.6) is 28.7 Å². The van der Waals surface area contributed by atoms with E-state index in [-0.39, 0.29) is 57.2 Å². The van der Waals surface area contributed by atoms with Gasteiger partial charge >= 0.3 is 11.9 Å². The second-order valence-corrected chi connectivity index (χ2v) is 13.9. The largest absolute Gasteiger partial charge is 0.492 e. The topological polar surface area (TPSA) is 213 Å². The van der Waals surface area contributed by atoms with Crippen molar-refractivity contribution in [3.63, 3.8) is 0 Å². The SMILES string of the molecule is CC(C)Cc1c2c(cc3c1OC1c4cc(OOC5C(OCCN)OC6C(OC(=O)CC(=O)O)CCC(CCO)OC6C5O)ccc4OCC31)OCO2. The third kappa shape index (κ3) is 7.33. The summed E-state index contributed by atoms with van der Waals surface area (Å²) in [5, 5.41) is 30.4. The Labute approximate surface area is 299 Å². The molecule has 0 aromatic heterocycles. The van der Waals surface area contributed by atoms with E-state index in [1.165, 1.54) is 0 Å². The molecule has 52 heavy (non-hydrogen) atoms. The van der Waals surface area contributed by atoms with Crippen molar-refractivity contribution in [2.45, 2.75) is 101 Å². The van der Waals surface area contributed by atoms with E-state index in [0.29, 0.717) is 36.2 Å². The third-order valence-electron chi connectivity index (χ3n) is 9.80. The molecule has 5 aliphatic rings. The first kappa shape index (κ1) is 36.5. The van der Waals surface area contributed by atoms with Gasteiger partial charge in [-0.3, -0.25) is 9.59 Å². The van der Waals surface area contributed by atoms with Crippen molar-refractivity contribution >= 4 is 11.9 Å². The number of carboxylic acid groups (broad SMARTS) is 1. The fourth-order valence-corrected chi connectivity index (χ4v) is 7.53. The number of benzene rings is 2. The molecule has 5 aliphatic heterocycles. The molecule has 5 heterocycles. The normalized spacial score (nSPS) is 29.8. The highest BCUT2D eigenvalue weighted by Crippen LogP contribution is 2.57. The lowest BCUT2D eigenvalue weighted by atomic mass is 9.87. The molecule has 2 aromatic carbocycles. The molecule has 5 N–H and O–H groups in total. The van der Waals surface area contributed by atoms with Crippen LogP contribution in [0.1, 0.15) is 68.2 Å². The van der Waals surface area contributed by atoms with Gasteiger partial charge in [0.2, 0.25) is 6.79 Å². The first-order valence-electron chi connectivity index (χ1n) is 17.7. The molecule has 16 heteroatoms. The fourth-order valence-electron chi connectivity index (χ4n) is 7.53. The van der Waals surface area contributed by atoms with E-state index in [1.54, 1.807) is 18.2 Å². The van der Waals surface area contributed by atoms with Gasteiger partial charge < -0.3 is 63.8 Å². The number of nitrogens with two attached hydrogens (primary N) is 1. The van der Waals surface area contributed by atoms with Crippen LogP contribution in [0.4, 0.5) is 0 Å². The first-order chi connectivity index (χ1) is 25.1. The summed E-state index contributed by atoms with van der Waals surface area (Å²) in [6, 6.07) is 7.15. The van der Waals surface area contributed by atoms with Gasteiger partial charge in [-0.05, 0) is 55.9 Å². The van der Waals surface area contributed by atoms with Gasteiger partial charge in [0, 0.05) is 29.8 Å². The third-order valence-corrected chi connectivity index (χ3v) is 9.80. The average molecular weight is 732 g/mol. The Morgan fingerprint density at radius 1 is 1.02 bits per heavy atom. The van der Waals surface area contributed by atoms with Crippen LogP contribution in [-0.2, 0) is 39.8 Å². The van der Waals surface area contributed by atoms with E-state index < -0.39 is 61.3 Å². The van der Waals surface area contributed by atoms with Crippen LogP contribution in [0.3, 0.4) is 0 Å². The molecule has 7 rings (SSSR count). The van der Waals surface area contributed by atoms with Gasteiger partial charge in [-0.25, -0.2) is 0 Å². The maximum Gasteiger partial charge on any atom is 0.317 e. The van der Waals surface area contributed by atoms with Crippen molar-refractivity contribution in [3.8, 4) is 28.7 Å². The number of carbonyl (C=O) groups is 2. The van der Waals surface area contributed by atoms with E-state index in [4.69, 9.17) is 58.5 Å². The lowest BCUT2D eigenvalue weighted by Crippen LogP contribution is -2.63. The standard InChI is InChI=1S/C36H45NO15/c1-17(2)11-22-30-20(13-26-32(22)46-16-45-26)23-15-44-24-5-4-19(12-21(24)31(23)49-30)51-52-35-29(42)34-33(50-36(35)43-10-8-37)25(48-28(41)14-27(39)40)6-3-18(47-34)7-9-38/h4-5,12-13,17-18,23,25,29,31,33-36,38,42H,3,6-11,14-16,37H2,1-2H3,(H,39,40). The minimum absolute atomic E-state index is 0.0293. The Balaban J connectivity index is 1.11. The summed E-state index contributed by atoms with van der Waals surface area (Å²) in [6.45, 7) is 4.80. The van der Waals surface area contributed by atoms with Gasteiger partial charge in [0.05, 0.1) is 25.2 Å². The summed E-state index contributed by atoms with van der Waals surface area (Å²) in [6.07, 6.45) is -7.32. The monoisotopic (exact) mass is 731 g/mol. The summed E-state index contributed by atoms with van der Waals surface area (Å²) < 4.78 is 48.3. The van der Waals surface area contributed by atoms with Crippen LogP contribution in [-0.4, -0.2) is 103 Å². The molecular weight excluding hydrogens is 686 g/mol. The minimum atomic E-state index is -1.44. The minimum Gasteiger partial charge on any atom is -0.492 e. The second-order valence-electron chi connectivity index (χ2n) is 13.9. The van der Waals surface area contributed by atoms with Crippen LogP contribution in [0.25, 0.3) is 0 Å². The Hall–Kier alpha value is -3.90. The molecule has 9 atom stereocenters. The van der Waals surface area contributed by atoms with Gasteiger partial charge in [0.1, 0.15) is 48.4 Å². The molecule has 9 unspecified atom stereocenters. The summed E-state index contributed by atoms with van der Waals surface area (Å²) in [5.41, 5.74) is 8.42. The first-order valence-corrected chi connectivity index (χ1v) is 17.7. The number of carbonyl (C=O) groups excluding carboxylic acids is 1. The lowest BCUT2D eigenvalue weighted by Gasteiger charge is -2.44. The predicted octanol–water partition coefficient (Wildman–Crippen LogP) is 2.28. The Morgan fingerprint density at radius 2 is 1.87 bits per heavy atom. The number of ether oxygens (including phenoxy) is 8. The van der Waals surface area contributed by atoms with Crippen molar-refractivity contribution in [3.05, 3.63) is 41.0 Å². The summed E-state index contributed by atoms with van der Waals surface area (Å²) >= 11 is 0. The van der Waals surface area contributed by atoms with Crippen molar-refractivity contribution < 1.29 is 72.6 Å². The highest BCUT2D eigenvalue weighted by Gasteiger charge is 2.54. The molecule has 0 bridgehead atoms. The molecule has 0 spiro atoms. The van der Waals surface area contributed by atoms with Gasteiger partial charge in [0.25, 0.3) is 0 Å². The van der Waals surface area contributed by atoms with Gasteiger partial charge in [-0.2, -0.15) is 4.89 Å². The van der Waals surface area contributed by atoms with E-state index >= 15 is 0 Å². The molecule has 0 radical (unpaired) electrons. The number of aliphatic hydroxyl groups is 2. The van der Waals surface area contributed by atoms with Crippen LogP contribution >= 0.6 is 0 Å². The zero-order valence-corrected chi connectivity index (χ0v) is 29.0. The number of esters is 1. The molecule has 0 saturated carbocycles. The van der Waals surface area contributed by atoms with Crippen LogP contribution < -0.4 is 29.6 Å². The molecule has 284 valence electrons. The van der Waals surface area contributed by atoms with Crippen molar-refractivity contribution in [1.29, 1.82) is 0 Å². The zero-order chi connectivity index (χ0) is 36.5. The molecule has 2 aromatic rings. The quantitative estimate of drug-likeness (QED) is 0.101. The van der Waals surface area contributed by atoms with Gasteiger partial charge in [-0.15, -0.1) is 0 Å². The maximum atomic E-state index is 12.4.